The van der Waals surface area contributed by atoms with E-state index in [9.17, 15) is 13.2 Å². The molecule has 0 amide bonds. The van der Waals surface area contributed by atoms with Crippen molar-refractivity contribution < 1.29 is 46.5 Å². The summed E-state index contributed by atoms with van der Waals surface area (Å²) in [4.78, 5) is 0. The molecule has 0 aliphatic carbocycles. The third-order valence-corrected chi connectivity index (χ3v) is 0.164. The Balaban J connectivity index is -0.0000000417. The average Bonchev–Trinajstić information content (AvgIpc) is 1.35. The van der Waals surface area contributed by atoms with E-state index in [4.69, 9.17) is 5.11 Å². The third kappa shape index (κ3) is 30.7. The second-order valence-electron chi connectivity index (χ2n) is 0.760. The van der Waals surface area contributed by atoms with Crippen molar-refractivity contribution in [2.45, 2.75) is 6.18 Å². The van der Waals surface area contributed by atoms with Gasteiger partial charge in [-0.1, -0.05) is 0 Å². The number of hydrogen-bond acceptors (Lipinski definition) is 1. The Morgan fingerprint density at radius 1 is 1.11 bits per heavy atom. The number of rotatable bonds is 0. The summed E-state index contributed by atoms with van der Waals surface area (Å²) in [6, 6.07) is 0. The van der Waals surface area contributed by atoms with Crippen LogP contribution in [0.5, 0.6) is 0 Å². The van der Waals surface area contributed by atoms with Crippen molar-refractivity contribution in [1.29, 1.82) is 0 Å². The molecule has 0 saturated heterocycles. The molecular formula is C2H4F5LiO. The van der Waals surface area contributed by atoms with Crippen molar-refractivity contribution in [1.82, 2.24) is 0 Å². The molecule has 0 N–H and O–H groups in total. The van der Waals surface area contributed by atoms with Crippen LogP contribution in [0.15, 0.2) is 0 Å². The maximum atomic E-state index is 10.5. The first-order chi connectivity index (χ1) is 2.56. The topological polar surface area (TPSA) is 23.1 Å². The maximum absolute atomic E-state index is 10.5. The van der Waals surface area contributed by atoms with Gasteiger partial charge in [0.2, 0.25) is 0 Å². The van der Waals surface area contributed by atoms with Gasteiger partial charge in [-0.2, -0.15) is 13.2 Å². The average molecular weight is 146 g/mol. The predicted molar refractivity (Wildman–Crippen MR) is 15.9 cm³/mol. The first-order valence-electron chi connectivity index (χ1n) is 1.21. The Morgan fingerprint density at radius 2 is 1.22 bits per heavy atom. The summed E-state index contributed by atoms with van der Waals surface area (Å²) in [5.41, 5.74) is 0. The molecule has 0 aliphatic rings. The van der Waals surface area contributed by atoms with Gasteiger partial charge in [0.05, 0.1) is 0 Å². The van der Waals surface area contributed by atoms with Crippen LogP contribution in [0.4, 0.5) is 22.6 Å². The second kappa shape index (κ2) is 8.21. The summed E-state index contributed by atoms with van der Waals surface area (Å²) in [5.74, 6) is 0. The van der Waals surface area contributed by atoms with E-state index >= 15 is 0 Å². The van der Waals surface area contributed by atoms with Crippen molar-refractivity contribution in [2.24, 2.45) is 0 Å². The largest absolute Gasteiger partial charge is 1.00 e. The van der Waals surface area contributed by atoms with E-state index in [-0.39, 0.29) is 28.3 Å². The molecule has 0 spiro atoms. The van der Waals surface area contributed by atoms with Crippen LogP contribution in [-0.2, 0) is 0 Å². The molecule has 0 atom stereocenters. The van der Waals surface area contributed by atoms with Gasteiger partial charge >= 0.3 is 25.0 Å². The zero-order valence-corrected chi connectivity index (χ0v) is 4.57. The number of halogens is 5. The summed E-state index contributed by atoms with van der Waals surface area (Å²) in [5, 5.41) is 8.83. The molecule has 0 bridgehead atoms. The van der Waals surface area contributed by atoms with Crippen LogP contribution < -0.4 is 24.0 Å². The Labute approximate surface area is 60.1 Å². The zero-order chi connectivity index (χ0) is 5.21. The van der Waals surface area contributed by atoms with Crippen LogP contribution in [-0.4, -0.2) is 12.8 Å². The van der Waals surface area contributed by atoms with Gasteiger partial charge in [0, 0.05) is 0 Å². The summed E-state index contributed by atoms with van der Waals surface area (Å²) >= 11 is 0. The molecule has 0 unspecified atom stereocenters. The minimum atomic E-state index is -4.51. The Hall–Kier alpha value is 0.207. The van der Waals surface area contributed by atoms with E-state index in [1.165, 1.54) is 0 Å². The van der Waals surface area contributed by atoms with Gasteiger partial charge in [-0.05, 0) is 6.61 Å². The van der Waals surface area contributed by atoms with Gasteiger partial charge in [-0.3, -0.25) is 9.41 Å². The molecule has 0 aromatic carbocycles. The molecule has 54 valence electrons. The molecule has 0 radical (unpaired) electrons. The van der Waals surface area contributed by atoms with Crippen molar-refractivity contribution in [2.75, 3.05) is 6.61 Å². The summed E-state index contributed by atoms with van der Waals surface area (Å²) in [7, 11) is 0. The Kier molecular flexibility index (Phi) is 20.9. The summed E-state index contributed by atoms with van der Waals surface area (Å²) in [6.07, 6.45) is -4.51. The second-order valence-corrected chi connectivity index (χ2v) is 0.760. The minimum Gasteiger partial charge on any atom is -0.848 e. The summed E-state index contributed by atoms with van der Waals surface area (Å²) in [6.45, 7) is -1.98. The first-order valence-corrected chi connectivity index (χ1v) is 1.21. The summed E-state index contributed by atoms with van der Waals surface area (Å²) < 4.78 is 31.4. The van der Waals surface area contributed by atoms with Crippen molar-refractivity contribution >= 4 is 0 Å². The molecule has 0 aliphatic heterocycles. The molecule has 9 heavy (non-hydrogen) atoms. The molecular weight excluding hydrogens is 142 g/mol. The van der Waals surface area contributed by atoms with E-state index in [1.807, 2.05) is 0 Å². The van der Waals surface area contributed by atoms with E-state index in [1.54, 1.807) is 0 Å². The van der Waals surface area contributed by atoms with Gasteiger partial charge in [-0.15, -0.1) is 0 Å². The molecule has 0 fully saturated rings. The van der Waals surface area contributed by atoms with Gasteiger partial charge in [-0.25, -0.2) is 0 Å². The Morgan fingerprint density at radius 3 is 1.22 bits per heavy atom. The van der Waals surface area contributed by atoms with Gasteiger partial charge in [0.25, 0.3) is 0 Å². The van der Waals surface area contributed by atoms with E-state index in [2.05, 4.69) is 0 Å². The normalized spacial score (nSPS) is 8.00. The van der Waals surface area contributed by atoms with Crippen molar-refractivity contribution in [3.63, 3.8) is 0 Å². The minimum absolute atomic E-state index is 0. The standard InChI is InChI=1S/C2H2F3O.2FH.Li/c3-2(4,5)1-6;;;/h1H2;2*1H;/q-1;;;+1. The molecule has 0 rings (SSSR count). The van der Waals surface area contributed by atoms with Gasteiger partial charge < -0.3 is 5.11 Å². The fourth-order valence-corrected chi connectivity index (χ4v) is 0. The van der Waals surface area contributed by atoms with Crippen LogP contribution in [0.2, 0.25) is 0 Å². The number of hydrogen-bond donors (Lipinski definition) is 0. The first kappa shape index (κ1) is 22.9. The monoisotopic (exact) mass is 146 g/mol. The van der Waals surface area contributed by atoms with Crippen LogP contribution in [0.25, 0.3) is 0 Å². The SMILES string of the molecule is F.F.[Li+].[O-]CC(F)(F)F. The third-order valence-electron chi connectivity index (χ3n) is 0.164. The van der Waals surface area contributed by atoms with Gasteiger partial charge in [0.15, 0.2) is 0 Å². The van der Waals surface area contributed by atoms with Crippen LogP contribution in [0, 0.1) is 0 Å². The maximum Gasteiger partial charge on any atom is 1.00 e. The van der Waals surface area contributed by atoms with Crippen molar-refractivity contribution in [3.05, 3.63) is 0 Å². The van der Waals surface area contributed by atoms with Gasteiger partial charge in [0.1, 0.15) is 0 Å². The van der Waals surface area contributed by atoms with Crippen molar-refractivity contribution in [3.8, 4) is 0 Å². The zero-order valence-electron chi connectivity index (χ0n) is 4.57. The molecule has 0 aromatic rings. The smallest absolute Gasteiger partial charge is 0.848 e. The molecule has 7 heteroatoms. The fraction of sp³-hybridized carbons (Fsp3) is 1.00. The van der Waals surface area contributed by atoms with E-state index in [0.717, 1.165) is 0 Å². The molecule has 0 aromatic heterocycles. The fourth-order valence-electron chi connectivity index (χ4n) is 0. The quantitative estimate of drug-likeness (QED) is 0.268. The number of alkyl halides is 3. The predicted octanol–water partition coefficient (Wildman–Crippen LogP) is -2.78. The van der Waals surface area contributed by atoms with Crippen LogP contribution in [0.1, 0.15) is 0 Å². The molecule has 1 nitrogen and oxygen atoms in total. The van der Waals surface area contributed by atoms with Crippen LogP contribution in [0.3, 0.4) is 0 Å². The molecule has 0 heterocycles. The van der Waals surface area contributed by atoms with E-state index in [0.29, 0.717) is 0 Å². The van der Waals surface area contributed by atoms with Crippen LogP contribution >= 0.6 is 0 Å². The molecule has 0 saturated carbocycles. The Bertz CT molecular complexity index is 44.7. The van der Waals surface area contributed by atoms with E-state index < -0.39 is 12.8 Å².